The van der Waals surface area contributed by atoms with Crippen LogP contribution in [0.2, 0.25) is 0 Å². The second kappa shape index (κ2) is 10.9. The molecule has 9 nitrogen and oxygen atoms in total. The van der Waals surface area contributed by atoms with E-state index in [1.165, 1.54) is 61.7 Å². The van der Waals surface area contributed by atoms with Gasteiger partial charge in [-0.1, -0.05) is 19.3 Å². The molecular weight excluding hydrogens is 456 g/mol. The van der Waals surface area contributed by atoms with Gasteiger partial charge >= 0.3 is 0 Å². The normalized spacial score (nSPS) is 14.9. The minimum absolute atomic E-state index is 0.119. The fourth-order valence-electron chi connectivity index (χ4n) is 4.52. The van der Waals surface area contributed by atoms with Crippen LogP contribution in [0.4, 0.5) is 11.4 Å². The van der Waals surface area contributed by atoms with Gasteiger partial charge in [0.15, 0.2) is 9.84 Å². The lowest BCUT2D eigenvalue weighted by molar-refractivity contribution is -0.384. The molecule has 0 aliphatic heterocycles. The van der Waals surface area contributed by atoms with E-state index < -0.39 is 14.8 Å². The zero-order valence-electron chi connectivity index (χ0n) is 19.8. The first-order valence-electron chi connectivity index (χ1n) is 11.4. The molecule has 2 aromatic rings. The Morgan fingerprint density at radius 2 is 1.88 bits per heavy atom. The summed E-state index contributed by atoms with van der Waals surface area (Å²) in [6.07, 6.45) is 10.5. The average Bonchev–Trinajstić information content (AvgIpc) is 3.08. The molecule has 1 aromatic carbocycles. The predicted molar refractivity (Wildman–Crippen MR) is 133 cm³/mol. The summed E-state index contributed by atoms with van der Waals surface area (Å²) in [5.74, 6) is -0.258. The molecule has 1 heterocycles. The number of carbonyl (C=O) groups is 1. The van der Waals surface area contributed by atoms with Crippen molar-refractivity contribution in [2.45, 2.75) is 56.9 Å². The van der Waals surface area contributed by atoms with E-state index in [1.54, 1.807) is 0 Å². The summed E-state index contributed by atoms with van der Waals surface area (Å²) in [6, 6.07) is 6.34. The molecule has 10 heteroatoms. The van der Waals surface area contributed by atoms with Gasteiger partial charge in [0.25, 0.3) is 5.69 Å². The van der Waals surface area contributed by atoms with Crippen LogP contribution in [0.5, 0.6) is 0 Å². The summed E-state index contributed by atoms with van der Waals surface area (Å²) in [4.78, 5) is 22.8. The van der Waals surface area contributed by atoms with Crippen LogP contribution >= 0.6 is 0 Å². The zero-order valence-corrected chi connectivity index (χ0v) is 20.7. The number of aryl methyl sites for hydroxylation is 1. The number of hydrogen-bond acceptors (Lipinski definition) is 6. The van der Waals surface area contributed by atoms with Gasteiger partial charge in [-0.3, -0.25) is 14.9 Å². The van der Waals surface area contributed by atoms with Gasteiger partial charge in [0.1, 0.15) is 5.69 Å². The van der Waals surface area contributed by atoms with Crippen molar-refractivity contribution in [3.63, 3.8) is 0 Å². The molecule has 2 N–H and O–H groups in total. The lowest BCUT2D eigenvalue weighted by Crippen LogP contribution is -2.27. The zero-order chi connectivity index (χ0) is 24.9. The van der Waals surface area contributed by atoms with Crippen molar-refractivity contribution in [2.24, 2.45) is 0 Å². The molecule has 1 saturated carbocycles. The number of nitrogens with one attached hydrogen (secondary N) is 2. The standard InChI is InChI=1S/C24H32N4O5S/c1-17-15-19(18(2)27(17)20-7-5-4-6-8-20)9-12-24(29)26-14-13-25-22-11-10-21(34(3,32)33)16-23(22)28(30)31/h9-12,15-16,20,25H,4-8,13-14H2,1-3H3,(H,26,29)/b12-9+. The number of carbonyl (C=O) groups excluding carboxylic acids is 1. The van der Waals surface area contributed by atoms with Gasteiger partial charge in [0.05, 0.1) is 9.82 Å². The Kier molecular flexibility index (Phi) is 8.14. The second-order valence-electron chi connectivity index (χ2n) is 8.75. The molecule has 0 spiro atoms. The third-order valence-electron chi connectivity index (χ3n) is 6.21. The SMILES string of the molecule is Cc1cc(/C=C/C(=O)NCCNc2ccc(S(C)(=O)=O)cc2[N+](=O)[O-])c(C)n1C1CCCCC1. The molecular formula is C24H32N4O5S. The molecule has 0 unspecified atom stereocenters. The maximum Gasteiger partial charge on any atom is 0.293 e. The monoisotopic (exact) mass is 488 g/mol. The summed E-state index contributed by atoms with van der Waals surface area (Å²) in [5, 5.41) is 16.9. The van der Waals surface area contributed by atoms with E-state index in [4.69, 9.17) is 0 Å². The van der Waals surface area contributed by atoms with E-state index in [9.17, 15) is 23.3 Å². The Labute approximate surface area is 200 Å². The maximum atomic E-state index is 12.3. The van der Waals surface area contributed by atoms with Crippen LogP contribution in [0.25, 0.3) is 6.08 Å². The summed E-state index contributed by atoms with van der Waals surface area (Å²) < 4.78 is 25.7. The molecule has 1 aromatic heterocycles. The van der Waals surface area contributed by atoms with Crippen LogP contribution in [-0.2, 0) is 14.6 Å². The van der Waals surface area contributed by atoms with Crippen molar-refractivity contribution in [3.8, 4) is 0 Å². The topological polar surface area (TPSA) is 123 Å². The third kappa shape index (κ3) is 6.25. The Morgan fingerprint density at radius 3 is 2.53 bits per heavy atom. The van der Waals surface area contributed by atoms with Crippen molar-refractivity contribution < 1.29 is 18.1 Å². The van der Waals surface area contributed by atoms with E-state index in [1.807, 2.05) is 6.08 Å². The van der Waals surface area contributed by atoms with E-state index in [-0.39, 0.29) is 35.3 Å². The van der Waals surface area contributed by atoms with Gasteiger partial charge in [0.2, 0.25) is 5.91 Å². The lowest BCUT2D eigenvalue weighted by atomic mass is 9.95. The fourth-order valence-corrected chi connectivity index (χ4v) is 5.16. The van der Waals surface area contributed by atoms with Crippen molar-refractivity contribution in [3.05, 3.63) is 57.4 Å². The van der Waals surface area contributed by atoms with Gasteiger partial charge in [-0.05, 0) is 56.5 Å². The summed E-state index contributed by atoms with van der Waals surface area (Å²) in [5.41, 5.74) is 3.26. The minimum atomic E-state index is -3.55. The number of aromatic nitrogens is 1. The van der Waals surface area contributed by atoms with Crippen molar-refractivity contribution in [1.82, 2.24) is 9.88 Å². The summed E-state index contributed by atoms with van der Waals surface area (Å²) in [7, 11) is -3.55. The van der Waals surface area contributed by atoms with E-state index >= 15 is 0 Å². The molecule has 1 amide bonds. The molecule has 0 bridgehead atoms. The largest absolute Gasteiger partial charge is 0.378 e. The third-order valence-corrected chi connectivity index (χ3v) is 7.32. The Hall–Kier alpha value is -3.14. The number of hydrogen-bond donors (Lipinski definition) is 2. The molecule has 0 saturated heterocycles. The minimum Gasteiger partial charge on any atom is -0.378 e. The van der Waals surface area contributed by atoms with Crippen LogP contribution < -0.4 is 10.6 Å². The molecule has 184 valence electrons. The van der Waals surface area contributed by atoms with Gasteiger partial charge in [-0.25, -0.2) is 8.42 Å². The quantitative estimate of drug-likeness (QED) is 0.236. The second-order valence-corrected chi connectivity index (χ2v) is 10.8. The van der Waals surface area contributed by atoms with Gasteiger partial charge in [-0.2, -0.15) is 0 Å². The predicted octanol–water partition coefficient (Wildman–Crippen LogP) is 4.16. The Morgan fingerprint density at radius 1 is 1.18 bits per heavy atom. The molecule has 1 fully saturated rings. The lowest BCUT2D eigenvalue weighted by Gasteiger charge is -2.26. The van der Waals surface area contributed by atoms with Crippen LogP contribution in [0.15, 0.2) is 35.2 Å². The first-order chi connectivity index (χ1) is 16.1. The number of nitrogens with zero attached hydrogens (tertiary/aromatic N) is 2. The molecule has 0 radical (unpaired) electrons. The average molecular weight is 489 g/mol. The fraction of sp³-hybridized carbons (Fsp3) is 0.458. The number of sulfone groups is 1. The van der Waals surface area contributed by atoms with E-state index in [2.05, 4.69) is 35.1 Å². The first kappa shape index (κ1) is 25.5. The van der Waals surface area contributed by atoms with Crippen molar-refractivity contribution >= 4 is 33.2 Å². The molecule has 1 aliphatic carbocycles. The molecule has 1 aliphatic rings. The molecule has 0 atom stereocenters. The first-order valence-corrected chi connectivity index (χ1v) is 13.3. The molecule has 3 rings (SSSR count). The number of amides is 1. The van der Waals surface area contributed by atoms with Crippen molar-refractivity contribution in [1.29, 1.82) is 0 Å². The van der Waals surface area contributed by atoms with Crippen LogP contribution in [0.1, 0.15) is 55.1 Å². The Bertz CT molecular complexity index is 1190. The van der Waals surface area contributed by atoms with Crippen LogP contribution in [0.3, 0.4) is 0 Å². The van der Waals surface area contributed by atoms with Gasteiger partial charge < -0.3 is 15.2 Å². The number of rotatable bonds is 9. The van der Waals surface area contributed by atoms with Crippen LogP contribution in [-0.4, -0.2) is 43.2 Å². The highest BCUT2D eigenvalue weighted by Gasteiger charge is 2.20. The highest BCUT2D eigenvalue weighted by atomic mass is 32.2. The van der Waals surface area contributed by atoms with Gasteiger partial charge in [-0.15, -0.1) is 0 Å². The maximum absolute atomic E-state index is 12.3. The van der Waals surface area contributed by atoms with Gasteiger partial charge in [0, 0.05) is 48.9 Å². The van der Waals surface area contributed by atoms with E-state index in [0.29, 0.717) is 6.04 Å². The number of nitro groups is 1. The highest BCUT2D eigenvalue weighted by Crippen LogP contribution is 2.32. The summed E-state index contributed by atoms with van der Waals surface area (Å²) in [6.45, 7) is 4.68. The van der Waals surface area contributed by atoms with Crippen molar-refractivity contribution in [2.75, 3.05) is 24.7 Å². The van der Waals surface area contributed by atoms with E-state index in [0.717, 1.165) is 17.9 Å². The number of anilines is 1. The number of benzene rings is 1. The smallest absolute Gasteiger partial charge is 0.293 e. The highest BCUT2D eigenvalue weighted by molar-refractivity contribution is 7.90. The van der Waals surface area contributed by atoms with Crippen LogP contribution in [0, 0.1) is 24.0 Å². The Balaban J connectivity index is 1.55. The summed E-state index contributed by atoms with van der Waals surface area (Å²) >= 11 is 0. The molecule has 34 heavy (non-hydrogen) atoms. The number of nitro benzene ring substituents is 1.